The Hall–Kier alpha value is -2.47. The third kappa shape index (κ3) is 1.73. The molecule has 0 fully saturated rings. The lowest BCUT2D eigenvalue weighted by atomic mass is 10.2. The summed E-state index contributed by atoms with van der Waals surface area (Å²) in [6.07, 6.45) is 1.79. The summed E-state index contributed by atoms with van der Waals surface area (Å²) in [6, 6.07) is 9.87. The molecule has 0 saturated carbocycles. The molecule has 4 rings (SSSR count). The summed E-state index contributed by atoms with van der Waals surface area (Å²) < 4.78 is 7.29. The molecule has 20 heavy (non-hydrogen) atoms. The molecule has 0 aliphatic rings. The second-order valence-corrected chi connectivity index (χ2v) is 5.41. The zero-order valence-corrected chi connectivity index (χ0v) is 11.5. The van der Waals surface area contributed by atoms with Crippen LogP contribution in [-0.2, 0) is 7.05 Å². The van der Waals surface area contributed by atoms with Gasteiger partial charge in [0.15, 0.2) is 0 Å². The highest BCUT2D eigenvalue weighted by molar-refractivity contribution is 7.13. The molecule has 6 heteroatoms. The van der Waals surface area contributed by atoms with Crippen molar-refractivity contribution in [3.05, 3.63) is 42.0 Å². The Morgan fingerprint density at radius 3 is 3.05 bits per heavy atom. The van der Waals surface area contributed by atoms with Crippen LogP contribution in [0.2, 0.25) is 0 Å². The number of nitrogens with zero attached hydrogens (tertiary/aromatic N) is 4. The van der Waals surface area contributed by atoms with E-state index in [1.54, 1.807) is 17.7 Å². The Morgan fingerprint density at radius 2 is 2.20 bits per heavy atom. The van der Waals surface area contributed by atoms with Gasteiger partial charge in [0.2, 0.25) is 5.82 Å². The second-order valence-electron chi connectivity index (χ2n) is 4.46. The van der Waals surface area contributed by atoms with E-state index >= 15 is 0 Å². The summed E-state index contributed by atoms with van der Waals surface area (Å²) in [7, 11) is 1.96. The van der Waals surface area contributed by atoms with Crippen molar-refractivity contribution in [3.8, 4) is 22.2 Å². The van der Waals surface area contributed by atoms with Crippen molar-refractivity contribution in [1.29, 1.82) is 0 Å². The van der Waals surface area contributed by atoms with Gasteiger partial charge in [-0.15, -0.1) is 11.3 Å². The summed E-state index contributed by atoms with van der Waals surface area (Å²) in [4.78, 5) is 9.72. The number of fused-ring (bicyclic) bond motifs is 1. The molecule has 0 radical (unpaired) electrons. The molecule has 0 aliphatic carbocycles. The summed E-state index contributed by atoms with van der Waals surface area (Å²) in [5.74, 6) is 1.15. The van der Waals surface area contributed by atoms with Gasteiger partial charge in [0, 0.05) is 12.6 Å². The fourth-order valence-corrected chi connectivity index (χ4v) is 2.75. The van der Waals surface area contributed by atoms with Crippen LogP contribution in [0.1, 0.15) is 0 Å². The molecule has 4 aromatic rings. The fraction of sp³-hybridized carbons (Fsp3) is 0.0714. The van der Waals surface area contributed by atoms with Crippen LogP contribution in [0.3, 0.4) is 0 Å². The van der Waals surface area contributed by atoms with Crippen molar-refractivity contribution in [3.63, 3.8) is 0 Å². The number of imidazole rings is 1. The molecule has 0 spiro atoms. The molecule has 3 aromatic heterocycles. The first-order valence-electron chi connectivity index (χ1n) is 6.10. The van der Waals surface area contributed by atoms with Gasteiger partial charge in [-0.1, -0.05) is 11.2 Å². The lowest BCUT2D eigenvalue weighted by molar-refractivity contribution is 0.433. The number of hydrogen-bond acceptors (Lipinski definition) is 5. The van der Waals surface area contributed by atoms with Gasteiger partial charge in [0.05, 0.1) is 22.2 Å². The Morgan fingerprint density at radius 1 is 1.25 bits per heavy atom. The van der Waals surface area contributed by atoms with E-state index in [0.29, 0.717) is 11.7 Å². The zero-order chi connectivity index (χ0) is 13.5. The number of benzene rings is 1. The molecular formula is C14H10N4OS. The quantitative estimate of drug-likeness (QED) is 0.565. The number of aromatic nitrogens is 4. The third-order valence-electron chi connectivity index (χ3n) is 3.14. The van der Waals surface area contributed by atoms with Crippen LogP contribution in [0.15, 0.2) is 46.6 Å². The van der Waals surface area contributed by atoms with Crippen LogP contribution in [-0.4, -0.2) is 19.7 Å². The normalized spacial score (nSPS) is 11.2. The average molecular weight is 282 g/mol. The largest absolute Gasteiger partial charge is 0.334 e. The predicted molar refractivity (Wildman–Crippen MR) is 77.3 cm³/mol. The fourth-order valence-electron chi connectivity index (χ4n) is 2.11. The lowest BCUT2D eigenvalue weighted by Gasteiger charge is -1.97. The van der Waals surface area contributed by atoms with Gasteiger partial charge in [-0.25, -0.2) is 4.98 Å². The van der Waals surface area contributed by atoms with Crippen molar-refractivity contribution < 1.29 is 4.52 Å². The van der Waals surface area contributed by atoms with E-state index < -0.39 is 0 Å². The lowest BCUT2D eigenvalue weighted by Crippen LogP contribution is -1.86. The molecule has 5 nitrogen and oxygen atoms in total. The van der Waals surface area contributed by atoms with Gasteiger partial charge < -0.3 is 9.09 Å². The van der Waals surface area contributed by atoms with E-state index in [0.717, 1.165) is 21.5 Å². The van der Waals surface area contributed by atoms with Gasteiger partial charge in [-0.2, -0.15) is 4.98 Å². The van der Waals surface area contributed by atoms with Gasteiger partial charge in [0.25, 0.3) is 5.89 Å². The first kappa shape index (κ1) is 11.4. The minimum Gasteiger partial charge on any atom is -0.334 e. The molecule has 98 valence electrons. The van der Waals surface area contributed by atoms with Crippen molar-refractivity contribution in [2.75, 3.05) is 0 Å². The topological polar surface area (TPSA) is 56.7 Å². The first-order valence-corrected chi connectivity index (χ1v) is 6.98. The van der Waals surface area contributed by atoms with Crippen LogP contribution in [0, 0.1) is 0 Å². The van der Waals surface area contributed by atoms with Crippen molar-refractivity contribution in [2.24, 2.45) is 7.05 Å². The molecular weight excluding hydrogens is 272 g/mol. The zero-order valence-electron chi connectivity index (χ0n) is 10.6. The SMILES string of the molecule is Cn1cnc2ccc(-c3noc(-c4cccs4)n3)cc21. The monoisotopic (exact) mass is 282 g/mol. The van der Waals surface area contributed by atoms with E-state index in [2.05, 4.69) is 15.1 Å². The van der Waals surface area contributed by atoms with Crippen LogP contribution < -0.4 is 0 Å². The minimum absolute atomic E-state index is 0.556. The highest BCUT2D eigenvalue weighted by Gasteiger charge is 2.12. The molecule has 0 unspecified atom stereocenters. The maximum Gasteiger partial charge on any atom is 0.268 e. The highest BCUT2D eigenvalue weighted by atomic mass is 32.1. The van der Waals surface area contributed by atoms with Crippen LogP contribution in [0.4, 0.5) is 0 Å². The summed E-state index contributed by atoms with van der Waals surface area (Å²) in [5, 5.41) is 6.04. The summed E-state index contributed by atoms with van der Waals surface area (Å²) in [5.41, 5.74) is 2.93. The van der Waals surface area contributed by atoms with Gasteiger partial charge in [-0.05, 0) is 29.6 Å². The Bertz CT molecular complexity index is 876. The van der Waals surface area contributed by atoms with Crippen LogP contribution in [0.5, 0.6) is 0 Å². The average Bonchev–Trinajstić information content (AvgIpc) is 3.18. The molecule has 0 saturated heterocycles. The van der Waals surface area contributed by atoms with Gasteiger partial charge in [0.1, 0.15) is 0 Å². The standard InChI is InChI=1S/C14H10N4OS/c1-18-8-15-10-5-4-9(7-11(10)18)13-16-14(19-17-13)12-3-2-6-20-12/h2-8H,1H3. The Kier molecular flexibility index (Phi) is 2.43. The maximum atomic E-state index is 5.31. The maximum absolute atomic E-state index is 5.31. The van der Waals surface area contributed by atoms with Crippen LogP contribution in [0.25, 0.3) is 33.2 Å². The van der Waals surface area contributed by atoms with Crippen LogP contribution >= 0.6 is 11.3 Å². The Labute approximate surface area is 118 Å². The molecule has 0 amide bonds. The molecule has 0 aliphatic heterocycles. The Balaban J connectivity index is 1.81. The summed E-state index contributed by atoms with van der Waals surface area (Å²) in [6.45, 7) is 0. The summed E-state index contributed by atoms with van der Waals surface area (Å²) >= 11 is 1.58. The number of aryl methyl sites for hydroxylation is 1. The van der Waals surface area contributed by atoms with Gasteiger partial charge in [-0.3, -0.25) is 0 Å². The molecule has 0 N–H and O–H groups in total. The molecule has 3 heterocycles. The molecule has 0 atom stereocenters. The number of hydrogen-bond donors (Lipinski definition) is 0. The van der Waals surface area contributed by atoms with E-state index in [4.69, 9.17) is 4.52 Å². The molecule has 1 aromatic carbocycles. The van der Waals surface area contributed by atoms with Crippen molar-refractivity contribution in [1.82, 2.24) is 19.7 Å². The minimum atomic E-state index is 0.556. The van der Waals surface area contributed by atoms with Crippen molar-refractivity contribution >= 4 is 22.4 Å². The molecule has 0 bridgehead atoms. The van der Waals surface area contributed by atoms with Gasteiger partial charge >= 0.3 is 0 Å². The first-order chi connectivity index (χ1) is 9.81. The van der Waals surface area contributed by atoms with E-state index in [1.807, 2.05) is 47.3 Å². The van der Waals surface area contributed by atoms with E-state index in [1.165, 1.54) is 0 Å². The predicted octanol–water partition coefficient (Wildman–Crippen LogP) is 3.35. The third-order valence-corrected chi connectivity index (χ3v) is 4.00. The number of rotatable bonds is 2. The number of thiophene rings is 1. The van der Waals surface area contributed by atoms with Crippen molar-refractivity contribution in [2.45, 2.75) is 0 Å². The smallest absolute Gasteiger partial charge is 0.268 e. The second kappa shape index (κ2) is 4.28. The van der Waals surface area contributed by atoms with E-state index in [9.17, 15) is 0 Å². The highest BCUT2D eigenvalue weighted by Crippen LogP contribution is 2.27. The van der Waals surface area contributed by atoms with E-state index in [-0.39, 0.29) is 0 Å².